The molecule has 1 spiro atoms. The summed E-state index contributed by atoms with van der Waals surface area (Å²) < 4.78 is 6.79. The van der Waals surface area contributed by atoms with Crippen LogP contribution in [0, 0.1) is 31.6 Å². The number of fused-ring (bicyclic) bond motifs is 1. The van der Waals surface area contributed by atoms with Crippen molar-refractivity contribution in [2.75, 3.05) is 18.5 Å². The van der Waals surface area contributed by atoms with E-state index in [4.69, 9.17) is 4.74 Å². The summed E-state index contributed by atoms with van der Waals surface area (Å²) in [6, 6.07) is 4.39. The van der Waals surface area contributed by atoms with E-state index in [0.717, 1.165) is 17.5 Å². The first-order valence-electron chi connectivity index (χ1n) is 13.8. The van der Waals surface area contributed by atoms with Gasteiger partial charge >= 0.3 is 0 Å². The Labute approximate surface area is 220 Å². The van der Waals surface area contributed by atoms with Gasteiger partial charge in [-0.05, 0) is 69.1 Å². The molecule has 3 saturated heterocycles. The van der Waals surface area contributed by atoms with Crippen LogP contribution in [0.2, 0.25) is 0 Å². The van der Waals surface area contributed by atoms with E-state index in [1.54, 1.807) is 4.90 Å². The molecule has 6 atom stereocenters. The first-order valence-corrected chi connectivity index (χ1v) is 13.8. The summed E-state index contributed by atoms with van der Waals surface area (Å²) in [5.41, 5.74) is 0.752. The van der Waals surface area contributed by atoms with Crippen LogP contribution in [0.1, 0.15) is 70.9 Å². The molecule has 3 N–H and O–H groups in total. The fourth-order valence-electron chi connectivity index (χ4n) is 7.00. The van der Waals surface area contributed by atoms with Gasteiger partial charge in [-0.25, -0.2) is 0 Å². The molecular weight excluding hydrogens is 470 g/mol. The molecule has 3 amide bonds. The highest BCUT2D eigenvalue weighted by Crippen LogP contribution is 2.64. The number of ether oxygens (including phenoxy) is 1. The molecule has 3 aliphatic heterocycles. The lowest BCUT2D eigenvalue weighted by molar-refractivity contribution is -0.149. The zero-order valence-corrected chi connectivity index (χ0v) is 23.1. The van der Waals surface area contributed by atoms with E-state index in [9.17, 15) is 19.5 Å². The summed E-state index contributed by atoms with van der Waals surface area (Å²) in [4.78, 5) is 43.5. The summed E-state index contributed by atoms with van der Waals surface area (Å²) >= 11 is 0. The van der Waals surface area contributed by atoms with E-state index in [1.165, 1.54) is 0 Å². The molecule has 1 aromatic rings. The minimum Gasteiger partial charge on any atom is -0.394 e. The average Bonchev–Trinajstić information content (AvgIpc) is 3.46. The normalized spacial score (nSPS) is 31.1. The molecule has 3 aliphatic rings. The molecule has 0 radical (unpaired) electrons. The molecule has 37 heavy (non-hydrogen) atoms. The van der Waals surface area contributed by atoms with Crippen LogP contribution in [0.5, 0.6) is 0 Å². The number of amides is 3. The third-order valence-electron chi connectivity index (χ3n) is 8.70. The Morgan fingerprint density at radius 1 is 1.19 bits per heavy atom. The van der Waals surface area contributed by atoms with Gasteiger partial charge in [-0.15, -0.1) is 0 Å². The second-order valence-electron chi connectivity index (χ2n) is 11.6. The van der Waals surface area contributed by atoms with Crippen molar-refractivity contribution in [3.05, 3.63) is 29.3 Å². The van der Waals surface area contributed by atoms with Crippen LogP contribution in [-0.4, -0.2) is 64.2 Å². The number of anilines is 1. The van der Waals surface area contributed by atoms with E-state index in [1.807, 2.05) is 59.7 Å². The van der Waals surface area contributed by atoms with E-state index in [2.05, 4.69) is 10.6 Å². The maximum absolute atomic E-state index is 14.3. The Morgan fingerprint density at radius 3 is 2.54 bits per heavy atom. The van der Waals surface area contributed by atoms with Gasteiger partial charge in [0.2, 0.25) is 17.7 Å². The van der Waals surface area contributed by atoms with Crippen molar-refractivity contribution in [2.45, 2.75) is 96.9 Å². The van der Waals surface area contributed by atoms with Crippen LogP contribution in [0.3, 0.4) is 0 Å². The zero-order valence-electron chi connectivity index (χ0n) is 23.1. The second-order valence-corrected chi connectivity index (χ2v) is 11.6. The largest absolute Gasteiger partial charge is 0.394 e. The number of aliphatic hydroxyl groups is 1. The lowest BCUT2D eigenvalue weighted by Crippen LogP contribution is -2.56. The lowest BCUT2D eigenvalue weighted by Gasteiger charge is -2.38. The Morgan fingerprint density at radius 2 is 1.92 bits per heavy atom. The van der Waals surface area contributed by atoms with E-state index in [-0.39, 0.29) is 30.2 Å². The number of carbonyl (C=O) groups is 3. The Bertz CT molecular complexity index is 1060. The van der Waals surface area contributed by atoms with Crippen molar-refractivity contribution in [1.29, 1.82) is 0 Å². The minimum absolute atomic E-state index is 0.177. The number of rotatable bonds is 10. The fourth-order valence-corrected chi connectivity index (χ4v) is 7.00. The molecule has 3 fully saturated rings. The third-order valence-corrected chi connectivity index (χ3v) is 8.70. The average molecular weight is 514 g/mol. The number of benzene rings is 1. The van der Waals surface area contributed by atoms with Gasteiger partial charge in [0.05, 0.1) is 30.1 Å². The first-order chi connectivity index (χ1) is 17.5. The lowest BCUT2D eigenvalue weighted by atomic mass is 9.65. The van der Waals surface area contributed by atoms with Crippen molar-refractivity contribution >= 4 is 23.4 Å². The molecule has 4 rings (SSSR count). The predicted molar refractivity (Wildman–Crippen MR) is 142 cm³/mol. The highest BCUT2D eigenvalue weighted by atomic mass is 16.5. The SMILES string of the molecule is CCCNC(=O)[C@@H]1[C@H]2C(=O)N([C@@H](CO)CC(C)C)C(C(=O)Nc3cc(C)ccc3C)C23CC[C@@]1(CC)O3. The molecule has 0 aromatic heterocycles. The number of hydrogen-bond acceptors (Lipinski definition) is 5. The molecule has 8 nitrogen and oxygen atoms in total. The standard InChI is InChI=1S/C29H43N3O5/c1-7-13-30-25(34)22-23-27(36)32(20(16-33)14-17(3)4)24(29(23)12-11-28(22,8-2)37-29)26(35)31-21-15-18(5)9-10-19(21)6/h9-10,15,17,20,22-24,33H,7-8,11-14,16H2,1-6H3,(H,30,34)(H,31,35)/t20-,22+,23+,24?,28-,29?/m1/s1. The molecule has 0 saturated carbocycles. The van der Waals surface area contributed by atoms with E-state index < -0.39 is 35.1 Å². The van der Waals surface area contributed by atoms with Gasteiger partial charge in [0, 0.05) is 12.2 Å². The number of aryl methyl sites for hydroxylation is 2. The number of nitrogens with zero attached hydrogens (tertiary/aromatic N) is 1. The van der Waals surface area contributed by atoms with Gasteiger partial charge in [0.1, 0.15) is 11.6 Å². The molecule has 1 aromatic carbocycles. The van der Waals surface area contributed by atoms with Crippen LogP contribution >= 0.6 is 0 Å². The van der Waals surface area contributed by atoms with Gasteiger partial charge in [0.25, 0.3) is 0 Å². The maximum atomic E-state index is 14.3. The fraction of sp³-hybridized carbons (Fsp3) is 0.690. The molecule has 2 unspecified atom stereocenters. The first kappa shape index (κ1) is 27.6. The number of aliphatic hydroxyl groups excluding tert-OH is 1. The van der Waals surface area contributed by atoms with Gasteiger partial charge in [0.15, 0.2) is 0 Å². The number of likely N-dealkylation sites (tertiary alicyclic amines) is 1. The van der Waals surface area contributed by atoms with Gasteiger partial charge in [-0.2, -0.15) is 0 Å². The highest BCUT2D eigenvalue weighted by Gasteiger charge is 2.79. The summed E-state index contributed by atoms with van der Waals surface area (Å²) in [5.74, 6) is -1.98. The predicted octanol–water partition coefficient (Wildman–Crippen LogP) is 3.33. The van der Waals surface area contributed by atoms with Gasteiger partial charge in [-0.1, -0.05) is 39.8 Å². The molecule has 3 heterocycles. The monoisotopic (exact) mass is 513 g/mol. The highest BCUT2D eigenvalue weighted by molar-refractivity contribution is 6.04. The number of nitrogens with one attached hydrogen (secondary N) is 2. The van der Waals surface area contributed by atoms with E-state index in [0.29, 0.717) is 37.9 Å². The number of carbonyl (C=O) groups excluding carboxylic acids is 3. The number of hydrogen-bond donors (Lipinski definition) is 3. The van der Waals surface area contributed by atoms with Crippen molar-refractivity contribution in [1.82, 2.24) is 10.2 Å². The van der Waals surface area contributed by atoms with Crippen LogP contribution in [-0.2, 0) is 19.1 Å². The van der Waals surface area contributed by atoms with Crippen LogP contribution in [0.15, 0.2) is 18.2 Å². The molecule has 2 bridgehead atoms. The van der Waals surface area contributed by atoms with Crippen LogP contribution < -0.4 is 10.6 Å². The summed E-state index contributed by atoms with van der Waals surface area (Å²) in [7, 11) is 0. The summed E-state index contributed by atoms with van der Waals surface area (Å²) in [5, 5.41) is 16.5. The minimum atomic E-state index is -1.10. The van der Waals surface area contributed by atoms with Crippen molar-refractivity contribution in [2.24, 2.45) is 17.8 Å². The molecule has 8 heteroatoms. The van der Waals surface area contributed by atoms with Crippen molar-refractivity contribution in [3.63, 3.8) is 0 Å². The molecular formula is C29H43N3O5. The Balaban J connectivity index is 1.80. The van der Waals surface area contributed by atoms with Gasteiger partial charge in [-0.3, -0.25) is 14.4 Å². The Kier molecular flexibility index (Phi) is 7.73. The van der Waals surface area contributed by atoms with Crippen LogP contribution in [0.4, 0.5) is 5.69 Å². The van der Waals surface area contributed by atoms with Gasteiger partial charge < -0.3 is 25.4 Å². The smallest absolute Gasteiger partial charge is 0.250 e. The topological polar surface area (TPSA) is 108 Å². The molecule has 0 aliphatic carbocycles. The second kappa shape index (κ2) is 10.4. The third kappa shape index (κ3) is 4.46. The summed E-state index contributed by atoms with van der Waals surface area (Å²) in [6.07, 6.45) is 3.06. The Hall–Kier alpha value is -2.45. The summed E-state index contributed by atoms with van der Waals surface area (Å²) in [6.45, 7) is 12.2. The van der Waals surface area contributed by atoms with Crippen molar-refractivity contribution in [3.8, 4) is 0 Å². The van der Waals surface area contributed by atoms with Crippen molar-refractivity contribution < 1.29 is 24.2 Å². The van der Waals surface area contributed by atoms with Crippen LogP contribution in [0.25, 0.3) is 0 Å². The zero-order chi connectivity index (χ0) is 27.1. The quantitative estimate of drug-likeness (QED) is 0.445. The maximum Gasteiger partial charge on any atom is 0.250 e. The molecule has 204 valence electrons. The van der Waals surface area contributed by atoms with E-state index >= 15 is 0 Å².